The van der Waals surface area contributed by atoms with Gasteiger partial charge >= 0.3 is 0 Å². The number of hydrogen-bond acceptors (Lipinski definition) is 6. The highest BCUT2D eigenvalue weighted by atomic mass is 32.2. The summed E-state index contributed by atoms with van der Waals surface area (Å²) in [5, 5.41) is 7.01. The van der Waals surface area contributed by atoms with Crippen LogP contribution in [0.15, 0.2) is 41.8 Å². The van der Waals surface area contributed by atoms with E-state index in [0.29, 0.717) is 6.54 Å². The zero-order valence-corrected chi connectivity index (χ0v) is 11.5. The average Bonchev–Trinajstić information content (AvgIpc) is 2.38. The van der Waals surface area contributed by atoms with Crippen molar-refractivity contribution in [1.82, 2.24) is 10.4 Å². The summed E-state index contributed by atoms with van der Waals surface area (Å²) in [5.41, 5.74) is 2.32. The van der Waals surface area contributed by atoms with Crippen molar-refractivity contribution in [3.63, 3.8) is 0 Å². The molecule has 0 amide bonds. The number of aliphatic imine (C=N–C) groups is 1. The number of nitrogens with zero attached hydrogens (tertiary/aromatic N) is 3. The maximum absolute atomic E-state index is 10.5. The molecule has 2 heterocycles. The Morgan fingerprint density at radius 2 is 2.25 bits per heavy atom. The van der Waals surface area contributed by atoms with Crippen molar-refractivity contribution in [1.29, 1.82) is 0 Å². The highest BCUT2D eigenvalue weighted by Crippen LogP contribution is 2.16. The average molecular weight is 294 g/mol. The minimum atomic E-state index is -4.16. The predicted octanol–water partition coefficient (Wildman–Crippen LogP) is -0.210. The molecule has 1 N–H and O–H groups in total. The van der Waals surface area contributed by atoms with Gasteiger partial charge in [-0.15, -0.1) is 0 Å². The zero-order valence-electron chi connectivity index (χ0n) is 10.7. The van der Waals surface area contributed by atoms with E-state index in [9.17, 15) is 13.0 Å². The van der Waals surface area contributed by atoms with Gasteiger partial charge < -0.3 is 9.87 Å². The molecule has 0 bridgehead atoms. The van der Waals surface area contributed by atoms with Crippen molar-refractivity contribution < 1.29 is 17.7 Å². The minimum absolute atomic E-state index is 0.240. The van der Waals surface area contributed by atoms with Crippen molar-refractivity contribution in [3.05, 3.63) is 42.4 Å². The molecular weight excluding hydrogens is 280 g/mol. The largest absolute Gasteiger partial charge is 0.748 e. The van der Waals surface area contributed by atoms with Crippen LogP contribution in [0.2, 0.25) is 0 Å². The Labute approximate surface area is 117 Å². The smallest absolute Gasteiger partial charge is 0.196 e. The second-order valence-electron chi connectivity index (χ2n) is 4.25. The Balaban J connectivity index is 2.00. The van der Waals surface area contributed by atoms with Gasteiger partial charge in [-0.05, 0) is 11.2 Å². The fourth-order valence-corrected chi connectivity index (χ4v) is 2.14. The van der Waals surface area contributed by atoms with Crippen LogP contribution in [0, 0.1) is 0 Å². The van der Waals surface area contributed by atoms with Crippen LogP contribution in [0.1, 0.15) is 12.0 Å². The van der Waals surface area contributed by atoms with E-state index in [1.54, 1.807) is 29.5 Å². The summed E-state index contributed by atoms with van der Waals surface area (Å²) in [4.78, 5) is 4.17. The molecule has 7 nitrogen and oxygen atoms in total. The predicted molar refractivity (Wildman–Crippen MR) is 72.4 cm³/mol. The summed E-state index contributed by atoms with van der Waals surface area (Å²) in [7, 11) is -4.16. The van der Waals surface area contributed by atoms with E-state index < -0.39 is 10.1 Å². The van der Waals surface area contributed by atoms with Gasteiger partial charge in [0.2, 0.25) is 0 Å². The van der Waals surface area contributed by atoms with Gasteiger partial charge in [-0.1, -0.05) is 11.3 Å². The molecule has 1 aliphatic heterocycles. The van der Waals surface area contributed by atoms with Crippen LogP contribution in [-0.4, -0.2) is 30.2 Å². The molecule has 1 aromatic heterocycles. The Hall–Kier alpha value is -2.06. The zero-order chi connectivity index (χ0) is 14.6. The molecule has 0 spiro atoms. The number of allylic oxidation sites excluding steroid dienone is 1. The molecular formula is C12H14N4O3S. The van der Waals surface area contributed by atoms with E-state index in [1.165, 1.54) is 0 Å². The molecule has 0 aliphatic carbocycles. The molecule has 0 radical (unpaired) electrons. The van der Waals surface area contributed by atoms with E-state index in [2.05, 4.69) is 22.0 Å². The summed E-state index contributed by atoms with van der Waals surface area (Å²) in [6, 6.07) is 1.82. The molecule has 0 saturated heterocycles. The quantitative estimate of drug-likeness (QED) is 0.598. The van der Waals surface area contributed by atoms with E-state index in [0.717, 1.165) is 17.0 Å². The van der Waals surface area contributed by atoms with Crippen LogP contribution >= 0.6 is 0 Å². The van der Waals surface area contributed by atoms with Crippen LogP contribution in [0.5, 0.6) is 0 Å². The summed E-state index contributed by atoms with van der Waals surface area (Å²) < 4.78 is 33.0. The second-order valence-corrected chi connectivity index (χ2v) is 5.78. The van der Waals surface area contributed by atoms with Crippen molar-refractivity contribution in [2.75, 3.05) is 5.75 Å². The minimum Gasteiger partial charge on any atom is -0.748 e. The Bertz CT molecular complexity index is 662. The van der Waals surface area contributed by atoms with Crippen molar-refractivity contribution in [2.24, 2.45) is 4.99 Å². The number of rotatable bonds is 5. The molecule has 0 saturated carbocycles. The van der Waals surface area contributed by atoms with Crippen LogP contribution < -0.4 is 10.00 Å². The lowest BCUT2D eigenvalue weighted by molar-refractivity contribution is -0.753. The van der Waals surface area contributed by atoms with Gasteiger partial charge in [0.05, 0.1) is 22.2 Å². The summed E-state index contributed by atoms with van der Waals surface area (Å²) in [6.07, 6.45) is 6.94. The van der Waals surface area contributed by atoms with Crippen LogP contribution in [0.4, 0.5) is 0 Å². The van der Waals surface area contributed by atoms with Crippen LogP contribution in [0.25, 0.3) is 5.70 Å². The normalized spacial score (nSPS) is 14.8. The third kappa shape index (κ3) is 4.25. The molecule has 1 aliphatic rings. The second kappa shape index (κ2) is 5.93. The summed E-state index contributed by atoms with van der Waals surface area (Å²) >= 11 is 0. The third-order valence-electron chi connectivity index (χ3n) is 2.61. The fraction of sp³-hybridized carbons (Fsp3) is 0.250. The lowest BCUT2D eigenvalue weighted by Gasteiger charge is -2.08. The van der Waals surface area contributed by atoms with E-state index in [-0.39, 0.29) is 12.2 Å². The third-order valence-corrected chi connectivity index (χ3v) is 3.40. The lowest BCUT2D eigenvalue weighted by Crippen LogP contribution is -2.38. The highest BCUT2D eigenvalue weighted by Gasteiger charge is 2.09. The van der Waals surface area contributed by atoms with Gasteiger partial charge in [0.15, 0.2) is 12.7 Å². The number of hydrogen-bond donors (Lipinski definition) is 1. The van der Waals surface area contributed by atoms with Gasteiger partial charge in [-0.3, -0.25) is 0 Å². The number of aromatic nitrogens is 2. The Kier molecular flexibility index (Phi) is 4.26. The molecule has 1 aromatic rings. The summed E-state index contributed by atoms with van der Waals surface area (Å²) in [5.74, 6) is -0.385. The molecule has 20 heavy (non-hydrogen) atoms. The first-order valence-electron chi connectivity index (χ1n) is 5.93. The Morgan fingerprint density at radius 3 is 2.85 bits per heavy atom. The first-order valence-corrected chi connectivity index (χ1v) is 7.51. The van der Waals surface area contributed by atoms with E-state index >= 15 is 0 Å². The lowest BCUT2D eigenvalue weighted by atomic mass is 10.2. The van der Waals surface area contributed by atoms with Gasteiger partial charge in [-0.25, -0.2) is 13.4 Å². The highest BCUT2D eigenvalue weighted by molar-refractivity contribution is 7.85. The summed E-state index contributed by atoms with van der Waals surface area (Å²) in [6.45, 7) is 4.15. The molecule has 0 atom stereocenters. The van der Waals surface area contributed by atoms with Crippen molar-refractivity contribution >= 4 is 22.2 Å². The van der Waals surface area contributed by atoms with Gasteiger partial charge in [0.25, 0.3) is 0 Å². The number of nitrogens with one attached hydrogen (secondary N) is 1. The van der Waals surface area contributed by atoms with E-state index in [1.807, 2.05) is 6.07 Å². The molecule has 0 aromatic carbocycles. The SMILES string of the molecule is C=C1C=C(c2cc[n+](CCCS(=O)(=O)[O-])nc2)N=CN1. The van der Waals surface area contributed by atoms with Gasteiger partial charge in [0.1, 0.15) is 6.20 Å². The molecule has 8 heteroatoms. The molecule has 0 fully saturated rings. The van der Waals surface area contributed by atoms with Crippen LogP contribution in [-0.2, 0) is 16.7 Å². The van der Waals surface area contributed by atoms with Gasteiger partial charge in [0, 0.05) is 29.5 Å². The Morgan fingerprint density at radius 1 is 1.45 bits per heavy atom. The molecule has 0 unspecified atom stereocenters. The maximum Gasteiger partial charge on any atom is 0.196 e. The first kappa shape index (κ1) is 14.4. The van der Waals surface area contributed by atoms with Crippen LogP contribution in [0.3, 0.4) is 0 Å². The molecule has 2 rings (SSSR count). The van der Waals surface area contributed by atoms with Gasteiger partial charge in [-0.2, -0.15) is 0 Å². The maximum atomic E-state index is 10.5. The van der Waals surface area contributed by atoms with Crippen molar-refractivity contribution in [3.8, 4) is 0 Å². The number of aryl methyl sites for hydroxylation is 1. The standard InChI is InChI=1S/C12H14N4O3S/c1-10-7-12(14-9-13-10)11-3-5-16(15-8-11)4-2-6-20(17,18)19/h3,5,7-9H,1-2,4,6H2,(H-,13,14,17,18,19). The topological polar surface area (TPSA) is 98.4 Å². The molecule has 106 valence electrons. The fourth-order valence-electron chi connectivity index (χ4n) is 1.66. The van der Waals surface area contributed by atoms with E-state index in [4.69, 9.17) is 0 Å². The van der Waals surface area contributed by atoms with Crippen molar-refractivity contribution in [2.45, 2.75) is 13.0 Å². The monoisotopic (exact) mass is 294 g/mol. The first-order chi connectivity index (χ1) is 9.44.